The summed E-state index contributed by atoms with van der Waals surface area (Å²) in [4.78, 5) is 11.8. The predicted molar refractivity (Wildman–Crippen MR) is 130 cm³/mol. The predicted octanol–water partition coefficient (Wildman–Crippen LogP) is 4.66. The van der Waals surface area contributed by atoms with Gasteiger partial charge in [0.2, 0.25) is 5.95 Å². The molecule has 1 saturated heterocycles. The van der Waals surface area contributed by atoms with E-state index in [9.17, 15) is 0 Å². The van der Waals surface area contributed by atoms with Crippen molar-refractivity contribution in [2.24, 2.45) is 4.99 Å². The molecule has 3 heterocycles. The third-order valence-corrected chi connectivity index (χ3v) is 7.18. The number of anilines is 1. The fraction of sp³-hybridized carbons (Fsp3) is 0.538. The minimum Gasteiger partial charge on any atom is -0.349 e. The summed E-state index contributed by atoms with van der Waals surface area (Å²) in [5.74, 6) is 0.656. The Labute approximate surface area is 191 Å². The average molecular weight is 431 g/mol. The molecule has 1 unspecified atom stereocenters. The van der Waals surface area contributed by atoms with E-state index in [4.69, 9.17) is 4.98 Å². The normalized spacial score (nSPS) is 20.4. The number of rotatable bonds is 7. The van der Waals surface area contributed by atoms with Gasteiger partial charge in [-0.25, -0.2) is 4.98 Å². The molecule has 32 heavy (non-hydrogen) atoms. The topological polar surface area (TPSA) is 66.3 Å². The Balaban J connectivity index is 1.20. The highest BCUT2D eigenvalue weighted by molar-refractivity contribution is 5.87. The van der Waals surface area contributed by atoms with Gasteiger partial charge >= 0.3 is 0 Å². The second-order valence-corrected chi connectivity index (χ2v) is 9.47. The van der Waals surface area contributed by atoms with Crippen LogP contribution < -0.4 is 5.32 Å². The van der Waals surface area contributed by atoms with E-state index in [0.717, 1.165) is 43.7 Å². The van der Waals surface area contributed by atoms with E-state index in [-0.39, 0.29) is 0 Å². The van der Waals surface area contributed by atoms with Crippen LogP contribution in [0, 0.1) is 13.8 Å². The summed E-state index contributed by atoms with van der Waals surface area (Å²) in [6.07, 6.45) is 13.4. The van der Waals surface area contributed by atoms with Crippen molar-refractivity contribution < 1.29 is 0 Å². The third kappa shape index (κ3) is 4.60. The zero-order valence-electron chi connectivity index (χ0n) is 19.4. The van der Waals surface area contributed by atoms with Crippen molar-refractivity contribution in [3.8, 4) is 11.3 Å². The summed E-state index contributed by atoms with van der Waals surface area (Å²) in [5, 5.41) is 12.6. The van der Waals surface area contributed by atoms with Gasteiger partial charge < -0.3 is 10.2 Å². The van der Waals surface area contributed by atoms with E-state index in [0.29, 0.717) is 12.0 Å². The Hall–Kier alpha value is -2.60. The van der Waals surface area contributed by atoms with Crippen LogP contribution in [0.4, 0.5) is 5.95 Å². The lowest BCUT2D eigenvalue weighted by molar-refractivity contribution is 0.215. The molecule has 1 N–H and O–H groups in total. The smallest absolute Gasteiger partial charge is 0.243 e. The lowest BCUT2D eigenvalue weighted by atomic mass is 9.96. The minimum absolute atomic E-state index is 0.378. The monoisotopic (exact) mass is 430 g/mol. The Kier molecular flexibility index (Phi) is 6.30. The highest BCUT2D eigenvalue weighted by Gasteiger charge is 2.22. The summed E-state index contributed by atoms with van der Waals surface area (Å²) in [6, 6.07) is 4.85. The van der Waals surface area contributed by atoms with Crippen molar-refractivity contribution in [2.45, 2.75) is 71.3 Å². The summed E-state index contributed by atoms with van der Waals surface area (Å²) in [7, 11) is 0. The number of hydrogen-bond acceptors (Lipinski definition) is 6. The number of hydrogen-bond donors (Lipinski definition) is 1. The Bertz CT molecular complexity index is 1040. The number of allylic oxidation sites excluding steroid dienone is 1. The van der Waals surface area contributed by atoms with Crippen LogP contribution in [-0.2, 0) is 12.8 Å². The number of benzene rings is 1. The van der Waals surface area contributed by atoms with Crippen molar-refractivity contribution in [1.29, 1.82) is 0 Å². The molecule has 2 aliphatic heterocycles. The van der Waals surface area contributed by atoms with E-state index in [1.165, 1.54) is 66.6 Å². The maximum absolute atomic E-state index is 4.79. The molecular formula is C26H34N6. The van der Waals surface area contributed by atoms with Crippen LogP contribution in [0.3, 0.4) is 0 Å². The molecule has 1 fully saturated rings. The number of nitrogens with zero attached hydrogens (tertiary/aromatic N) is 5. The molecule has 0 bridgehead atoms. The summed E-state index contributed by atoms with van der Waals surface area (Å²) in [6.45, 7) is 7.62. The Morgan fingerprint density at radius 1 is 1.12 bits per heavy atom. The number of fused-ring (bicyclic) bond motifs is 1. The third-order valence-electron chi connectivity index (χ3n) is 7.18. The van der Waals surface area contributed by atoms with Gasteiger partial charge in [-0.3, -0.25) is 4.99 Å². The molecule has 1 aromatic carbocycles. The van der Waals surface area contributed by atoms with Gasteiger partial charge in [0.1, 0.15) is 5.69 Å². The van der Waals surface area contributed by atoms with Crippen LogP contribution in [0.25, 0.3) is 11.3 Å². The molecule has 0 radical (unpaired) electrons. The molecule has 0 amide bonds. The zero-order chi connectivity index (χ0) is 21.9. The first-order valence-electron chi connectivity index (χ1n) is 12.2. The number of aryl methyl sites for hydroxylation is 2. The quantitative estimate of drug-likeness (QED) is 0.692. The van der Waals surface area contributed by atoms with Gasteiger partial charge in [0.15, 0.2) is 0 Å². The lowest BCUT2D eigenvalue weighted by Crippen LogP contribution is -2.42. The van der Waals surface area contributed by atoms with Crippen LogP contribution in [0.1, 0.15) is 60.9 Å². The van der Waals surface area contributed by atoms with E-state index in [1.807, 2.05) is 6.20 Å². The molecule has 168 valence electrons. The average Bonchev–Trinajstić information content (AvgIpc) is 3.48. The van der Waals surface area contributed by atoms with Gasteiger partial charge in [0.05, 0.1) is 5.69 Å². The second-order valence-electron chi connectivity index (χ2n) is 9.47. The van der Waals surface area contributed by atoms with Gasteiger partial charge in [-0.05, 0) is 88.6 Å². The molecule has 1 aromatic heterocycles. The zero-order valence-corrected chi connectivity index (χ0v) is 19.4. The molecule has 0 saturated carbocycles. The fourth-order valence-electron chi connectivity index (χ4n) is 5.45. The molecule has 0 spiro atoms. The Morgan fingerprint density at radius 2 is 2.06 bits per heavy atom. The van der Waals surface area contributed by atoms with Crippen molar-refractivity contribution in [3.05, 3.63) is 46.8 Å². The highest BCUT2D eigenvalue weighted by atomic mass is 15.3. The molecule has 6 nitrogen and oxygen atoms in total. The van der Waals surface area contributed by atoms with Crippen LogP contribution >= 0.6 is 0 Å². The summed E-state index contributed by atoms with van der Waals surface area (Å²) in [5.41, 5.74) is 8.72. The van der Waals surface area contributed by atoms with Crippen LogP contribution in [-0.4, -0.2) is 51.5 Å². The van der Waals surface area contributed by atoms with Gasteiger partial charge in [-0.2, -0.15) is 0 Å². The fourth-order valence-corrected chi connectivity index (χ4v) is 5.45. The van der Waals surface area contributed by atoms with Gasteiger partial charge in [-0.15, -0.1) is 10.2 Å². The van der Waals surface area contributed by atoms with E-state index < -0.39 is 0 Å². The van der Waals surface area contributed by atoms with Crippen LogP contribution in [0.15, 0.2) is 29.4 Å². The second kappa shape index (κ2) is 9.49. The number of nitrogens with one attached hydrogen (secondary N) is 1. The van der Waals surface area contributed by atoms with Gasteiger partial charge in [0.25, 0.3) is 0 Å². The maximum Gasteiger partial charge on any atom is 0.243 e. The number of piperidine rings is 1. The number of aromatic nitrogens is 3. The van der Waals surface area contributed by atoms with Gasteiger partial charge in [-0.1, -0.05) is 18.2 Å². The summed E-state index contributed by atoms with van der Waals surface area (Å²) >= 11 is 0. The largest absolute Gasteiger partial charge is 0.349 e. The summed E-state index contributed by atoms with van der Waals surface area (Å²) < 4.78 is 0. The highest BCUT2D eigenvalue weighted by Crippen LogP contribution is 2.32. The van der Waals surface area contributed by atoms with Crippen molar-refractivity contribution in [1.82, 2.24) is 20.1 Å². The SMILES string of the molecule is Cc1nc(NC2CCCN(CCCC3=NC=CC3)C2)nnc1-c1ccc2c(c1C)CCC2. The van der Waals surface area contributed by atoms with Gasteiger partial charge in [0, 0.05) is 36.5 Å². The van der Waals surface area contributed by atoms with Crippen LogP contribution in [0.5, 0.6) is 0 Å². The molecule has 1 atom stereocenters. The molecule has 2 aromatic rings. The first-order chi connectivity index (χ1) is 15.7. The van der Waals surface area contributed by atoms with E-state index in [2.05, 4.69) is 57.5 Å². The van der Waals surface area contributed by atoms with E-state index >= 15 is 0 Å². The van der Waals surface area contributed by atoms with Crippen molar-refractivity contribution in [3.63, 3.8) is 0 Å². The number of likely N-dealkylation sites (tertiary alicyclic amines) is 1. The first-order valence-corrected chi connectivity index (χ1v) is 12.2. The molecule has 1 aliphatic carbocycles. The maximum atomic E-state index is 4.79. The standard InChI is InChI=1S/C26H34N6/c1-18-23-11-3-7-20(23)12-13-24(18)25-19(2)28-26(31-30-25)29-22-10-6-16-32(17-22)15-5-9-21-8-4-14-27-21/h4,12-14,22H,3,5-11,15-17H2,1-2H3,(H,28,29,31). The molecule has 3 aliphatic rings. The lowest BCUT2D eigenvalue weighted by Gasteiger charge is -2.33. The van der Waals surface area contributed by atoms with Crippen LogP contribution in [0.2, 0.25) is 0 Å². The van der Waals surface area contributed by atoms with Crippen molar-refractivity contribution >= 4 is 11.7 Å². The molecule has 6 heteroatoms. The molecular weight excluding hydrogens is 396 g/mol. The molecule has 5 rings (SSSR count). The van der Waals surface area contributed by atoms with Crippen molar-refractivity contribution in [2.75, 3.05) is 25.0 Å². The number of aliphatic imine (C=N–C) groups is 1. The minimum atomic E-state index is 0.378. The Morgan fingerprint density at radius 3 is 2.91 bits per heavy atom. The van der Waals surface area contributed by atoms with E-state index in [1.54, 1.807) is 0 Å². The first kappa shape index (κ1) is 21.3.